The zero-order valence-corrected chi connectivity index (χ0v) is 14.3. The molecule has 0 radical (unpaired) electrons. The molecule has 1 N–H and O–H groups in total. The molecule has 2 aromatic carbocycles. The highest BCUT2D eigenvalue weighted by Crippen LogP contribution is 2.29. The number of methoxy groups -OCH3 is 2. The molecule has 7 heteroatoms. The molecule has 134 valence electrons. The van der Waals surface area contributed by atoms with Crippen LogP contribution in [0.3, 0.4) is 0 Å². The molecular formula is C19H17NO6. The van der Waals surface area contributed by atoms with Crippen molar-refractivity contribution in [2.75, 3.05) is 19.5 Å². The second kappa shape index (κ2) is 7.26. The van der Waals surface area contributed by atoms with Gasteiger partial charge in [-0.15, -0.1) is 0 Å². The van der Waals surface area contributed by atoms with Gasteiger partial charge in [0.15, 0.2) is 6.10 Å². The quantitative estimate of drug-likeness (QED) is 0.846. The summed E-state index contributed by atoms with van der Waals surface area (Å²) in [6.07, 6.45) is -0.300. The van der Waals surface area contributed by atoms with Gasteiger partial charge in [-0.2, -0.15) is 0 Å². The number of fused-ring (bicyclic) bond motifs is 1. The highest BCUT2D eigenvalue weighted by molar-refractivity contribution is 6.04. The Balaban J connectivity index is 1.84. The number of carbonyl (C=O) groups is 3. The average molecular weight is 355 g/mol. The first-order valence-corrected chi connectivity index (χ1v) is 7.89. The molecule has 7 nitrogen and oxygen atoms in total. The molecule has 1 aliphatic heterocycles. The number of anilines is 1. The third kappa shape index (κ3) is 3.37. The minimum absolute atomic E-state index is 0.129. The number of para-hydroxylation sites is 1. The van der Waals surface area contributed by atoms with E-state index in [1.165, 1.54) is 32.4 Å². The number of nitrogens with one attached hydrogen (secondary N) is 1. The minimum Gasteiger partial charge on any atom is -0.480 e. The van der Waals surface area contributed by atoms with Crippen molar-refractivity contribution >= 4 is 23.5 Å². The number of hydrogen-bond donors (Lipinski definition) is 1. The fourth-order valence-corrected chi connectivity index (χ4v) is 2.72. The maximum atomic E-state index is 12.6. The predicted octanol–water partition coefficient (Wildman–Crippen LogP) is 2.20. The van der Waals surface area contributed by atoms with Gasteiger partial charge in [-0.1, -0.05) is 18.2 Å². The van der Waals surface area contributed by atoms with Crippen LogP contribution in [0.1, 0.15) is 26.3 Å². The lowest BCUT2D eigenvalue weighted by molar-refractivity contribution is -0.122. The Morgan fingerprint density at radius 1 is 1.04 bits per heavy atom. The number of benzene rings is 2. The van der Waals surface area contributed by atoms with Gasteiger partial charge in [-0.25, -0.2) is 9.59 Å². The highest BCUT2D eigenvalue weighted by Gasteiger charge is 2.30. The van der Waals surface area contributed by atoms with E-state index >= 15 is 0 Å². The average Bonchev–Trinajstić information content (AvgIpc) is 3.11. The molecule has 0 fully saturated rings. The Kier molecular flexibility index (Phi) is 4.88. The van der Waals surface area contributed by atoms with Crippen LogP contribution in [0.2, 0.25) is 0 Å². The van der Waals surface area contributed by atoms with E-state index in [-0.39, 0.29) is 16.8 Å². The molecule has 1 amide bonds. The van der Waals surface area contributed by atoms with Crippen molar-refractivity contribution in [3.63, 3.8) is 0 Å². The third-order valence-electron chi connectivity index (χ3n) is 4.04. The van der Waals surface area contributed by atoms with E-state index < -0.39 is 23.9 Å². The summed E-state index contributed by atoms with van der Waals surface area (Å²) in [4.78, 5) is 36.3. The topological polar surface area (TPSA) is 90.9 Å². The molecule has 1 heterocycles. The molecule has 0 aromatic heterocycles. The largest absolute Gasteiger partial charge is 0.480 e. The first-order chi connectivity index (χ1) is 12.5. The molecular weight excluding hydrogens is 338 g/mol. The fourth-order valence-electron chi connectivity index (χ4n) is 2.72. The van der Waals surface area contributed by atoms with Gasteiger partial charge >= 0.3 is 11.9 Å². The SMILES string of the molecule is COC(=O)c1ccc(C(=O)OC)c(NC(=O)[C@@H]2Cc3ccccc3O2)c1. The van der Waals surface area contributed by atoms with Crippen LogP contribution in [0.15, 0.2) is 42.5 Å². The standard InChI is InChI=1S/C19H17NO6/c1-24-18(22)12-7-8-13(19(23)25-2)14(9-12)20-17(21)16-10-11-5-3-4-6-15(11)26-16/h3-9,16H,10H2,1-2H3,(H,20,21)/t16-/m0/s1. The molecule has 0 saturated heterocycles. The highest BCUT2D eigenvalue weighted by atomic mass is 16.5. The number of hydrogen-bond acceptors (Lipinski definition) is 6. The van der Waals surface area contributed by atoms with E-state index in [1.54, 1.807) is 6.07 Å². The van der Waals surface area contributed by atoms with Crippen LogP contribution in [0, 0.1) is 0 Å². The van der Waals surface area contributed by atoms with Crippen molar-refractivity contribution in [3.8, 4) is 5.75 Å². The fraction of sp³-hybridized carbons (Fsp3) is 0.211. The Labute approximate surface area is 149 Å². The maximum absolute atomic E-state index is 12.6. The van der Waals surface area contributed by atoms with E-state index in [2.05, 4.69) is 10.1 Å². The molecule has 0 unspecified atom stereocenters. The number of carbonyl (C=O) groups excluding carboxylic acids is 3. The van der Waals surface area contributed by atoms with E-state index in [9.17, 15) is 14.4 Å². The summed E-state index contributed by atoms with van der Waals surface area (Å²) in [6, 6.07) is 11.6. The van der Waals surface area contributed by atoms with Crippen molar-refractivity contribution in [1.29, 1.82) is 0 Å². The summed E-state index contributed by atoms with van der Waals surface area (Å²) in [6.45, 7) is 0. The monoisotopic (exact) mass is 355 g/mol. The van der Waals surface area contributed by atoms with Crippen LogP contribution in [-0.2, 0) is 20.7 Å². The first kappa shape index (κ1) is 17.5. The summed E-state index contributed by atoms with van der Waals surface area (Å²) < 4.78 is 15.0. The summed E-state index contributed by atoms with van der Waals surface area (Å²) in [5.74, 6) is -0.980. The molecule has 0 spiro atoms. The van der Waals surface area contributed by atoms with Gasteiger partial charge in [0.1, 0.15) is 5.75 Å². The van der Waals surface area contributed by atoms with Crippen LogP contribution < -0.4 is 10.1 Å². The molecule has 0 saturated carbocycles. The van der Waals surface area contributed by atoms with E-state index in [0.717, 1.165) is 5.56 Å². The lowest BCUT2D eigenvalue weighted by Crippen LogP contribution is -2.32. The molecule has 26 heavy (non-hydrogen) atoms. The summed E-state index contributed by atoms with van der Waals surface area (Å²) in [5.41, 5.74) is 1.42. The Morgan fingerprint density at radius 3 is 2.46 bits per heavy atom. The van der Waals surface area contributed by atoms with Crippen molar-refractivity contribution < 1.29 is 28.6 Å². The van der Waals surface area contributed by atoms with Gasteiger partial charge in [0, 0.05) is 6.42 Å². The Hall–Kier alpha value is -3.35. The van der Waals surface area contributed by atoms with Gasteiger partial charge in [0.2, 0.25) is 0 Å². The Morgan fingerprint density at radius 2 is 1.77 bits per heavy atom. The van der Waals surface area contributed by atoms with E-state index in [1.807, 2.05) is 18.2 Å². The molecule has 1 aliphatic rings. The zero-order valence-electron chi connectivity index (χ0n) is 14.3. The van der Waals surface area contributed by atoms with Gasteiger partial charge < -0.3 is 19.5 Å². The van der Waals surface area contributed by atoms with Crippen molar-refractivity contribution in [2.24, 2.45) is 0 Å². The number of esters is 2. The Bertz CT molecular complexity index is 851. The van der Waals surface area contributed by atoms with Gasteiger partial charge in [-0.05, 0) is 29.8 Å². The molecule has 1 atom stereocenters. The van der Waals surface area contributed by atoms with Crippen LogP contribution in [0.5, 0.6) is 5.75 Å². The second-order valence-electron chi connectivity index (χ2n) is 5.65. The third-order valence-corrected chi connectivity index (χ3v) is 4.04. The number of ether oxygens (including phenoxy) is 3. The summed E-state index contributed by atoms with van der Waals surface area (Å²) >= 11 is 0. The zero-order chi connectivity index (χ0) is 18.7. The minimum atomic E-state index is -0.723. The van der Waals surface area contributed by atoms with Crippen LogP contribution in [-0.4, -0.2) is 38.2 Å². The maximum Gasteiger partial charge on any atom is 0.339 e. The van der Waals surface area contributed by atoms with Gasteiger partial charge in [-0.3, -0.25) is 4.79 Å². The van der Waals surface area contributed by atoms with Crippen molar-refractivity contribution in [3.05, 3.63) is 59.2 Å². The lowest BCUT2D eigenvalue weighted by atomic mass is 10.1. The summed E-state index contributed by atoms with van der Waals surface area (Å²) in [5, 5.41) is 2.65. The predicted molar refractivity (Wildman–Crippen MR) is 92.3 cm³/mol. The first-order valence-electron chi connectivity index (χ1n) is 7.89. The van der Waals surface area contributed by atoms with Crippen LogP contribution >= 0.6 is 0 Å². The summed E-state index contributed by atoms with van der Waals surface area (Å²) in [7, 11) is 2.48. The smallest absolute Gasteiger partial charge is 0.339 e. The normalized spacial score (nSPS) is 14.8. The van der Waals surface area contributed by atoms with Crippen molar-refractivity contribution in [2.45, 2.75) is 12.5 Å². The number of amides is 1. The molecule has 0 bridgehead atoms. The molecule has 0 aliphatic carbocycles. The van der Waals surface area contributed by atoms with E-state index in [0.29, 0.717) is 12.2 Å². The van der Waals surface area contributed by atoms with E-state index in [4.69, 9.17) is 9.47 Å². The van der Waals surface area contributed by atoms with Crippen LogP contribution in [0.4, 0.5) is 5.69 Å². The van der Waals surface area contributed by atoms with Gasteiger partial charge in [0.05, 0.1) is 31.0 Å². The molecule has 2 aromatic rings. The number of rotatable bonds is 4. The van der Waals surface area contributed by atoms with Gasteiger partial charge in [0.25, 0.3) is 5.91 Å². The lowest BCUT2D eigenvalue weighted by Gasteiger charge is -2.14. The van der Waals surface area contributed by atoms with Crippen LogP contribution in [0.25, 0.3) is 0 Å². The van der Waals surface area contributed by atoms with Crippen molar-refractivity contribution in [1.82, 2.24) is 0 Å². The molecule has 3 rings (SSSR count). The second-order valence-corrected chi connectivity index (χ2v) is 5.65.